The predicted molar refractivity (Wildman–Crippen MR) is 86.8 cm³/mol. The molecule has 0 spiro atoms. The number of anilines is 1. The van der Waals surface area contributed by atoms with Gasteiger partial charge in [-0.15, -0.1) is 0 Å². The van der Waals surface area contributed by atoms with Crippen molar-refractivity contribution < 1.29 is 15.3 Å². The van der Waals surface area contributed by atoms with Crippen LogP contribution >= 0.6 is 0 Å². The minimum absolute atomic E-state index is 0.0658. The van der Waals surface area contributed by atoms with Gasteiger partial charge in [-0.1, -0.05) is 12.1 Å². The molecule has 2 rings (SSSR count). The zero-order chi connectivity index (χ0) is 16.1. The topological polar surface area (TPSA) is 98.7 Å². The Morgan fingerprint density at radius 2 is 1.64 bits per heavy atom. The third kappa shape index (κ3) is 4.65. The van der Waals surface area contributed by atoms with Gasteiger partial charge in [0.15, 0.2) is 0 Å². The van der Waals surface area contributed by atoms with Gasteiger partial charge in [-0.05, 0) is 48.7 Å². The Bertz CT molecular complexity index is 594. The van der Waals surface area contributed by atoms with E-state index >= 15 is 0 Å². The monoisotopic (exact) mass is 302 g/mol. The van der Waals surface area contributed by atoms with Gasteiger partial charge in [-0.2, -0.15) is 0 Å². The number of benzene rings is 2. The lowest BCUT2D eigenvalue weighted by molar-refractivity contribution is 0.170. The Morgan fingerprint density at radius 1 is 1.05 bits per heavy atom. The lowest BCUT2D eigenvalue weighted by Crippen LogP contribution is -2.32. The molecule has 0 saturated heterocycles. The summed E-state index contributed by atoms with van der Waals surface area (Å²) in [6.45, 7) is 2.36. The van der Waals surface area contributed by atoms with Crippen LogP contribution in [0.1, 0.15) is 24.2 Å². The number of phenolic OH excluding ortho intramolecular Hbond substituents is 2. The molecule has 0 aliphatic carbocycles. The van der Waals surface area contributed by atoms with Crippen LogP contribution in [0.2, 0.25) is 0 Å². The second kappa shape index (κ2) is 7.15. The highest BCUT2D eigenvalue weighted by Gasteiger charge is 2.12. The Kier molecular flexibility index (Phi) is 5.25. The van der Waals surface area contributed by atoms with E-state index in [-0.39, 0.29) is 17.5 Å². The molecule has 0 radical (unpaired) electrons. The van der Waals surface area contributed by atoms with Crippen molar-refractivity contribution in [2.45, 2.75) is 25.5 Å². The van der Waals surface area contributed by atoms with Gasteiger partial charge in [-0.25, -0.2) is 0 Å². The molecule has 0 bridgehead atoms. The fourth-order valence-corrected chi connectivity index (χ4v) is 2.32. The van der Waals surface area contributed by atoms with E-state index in [1.807, 2.05) is 31.2 Å². The lowest BCUT2D eigenvalue weighted by atomic mass is 10.1. The Hall–Kier alpha value is -2.24. The zero-order valence-corrected chi connectivity index (χ0v) is 12.5. The molecular weight excluding hydrogens is 280 g/mol. The van der Waals surface area contributed by atoms with Crippen molar-refractivity contribution in [3.63, 3.8) is 0 Å². The number of aliphatic hydroxyl groups is 1. The molecule has 22 heavy (non-hydrogen) atoms. The maximum Gasteiger partial charge on any atom is 0.119 e. The fraction of sp³-hybridized carbons (Fsp3) is 0.294. The zero-order valence-electron chi connectivity index (χ0n) is 12.5. The van der Waals surface area contributed by atoms with Crippen LogP contribution < -0.4 is 11.1 Å². The van der Waals surface area contributed by atoms with Gasteiger partial charge in [0.05, 0.1) is 6.10 Å². The largest absolute Gasteiger partial charge is 0.508 e. The average Bonchev–Trinajstić information content (AvgIpc) is 2.46. The second-order valence-corrected chi connectivity index (χ2v) is 5.55. The van der Waals surface area contributed by atoms with Crippen molar-refractivity contribution >= 4 is 5.69 Å². The number of nitrogens with two attached hydrogens (primary N) is 1. The van der Waals surface area contributed by atoms with E-state index in [0.717, 1.165) is 12.1 Å². The van der Waals surface area contributed by atoms with Crippen molar-refractivity contribution in [3.05, 3.63) is 53.6 Å². The first-order valence-electron chi connectivity index (χ1n) is 7.23. The van der Waals surface area contributed by atoms with Gasteiger partial charge in [0.25, 0.3) is 0 Å². The summed E-state index contributed by atoms with van der Waals surface area (Å²) in [4.78, 5) is 0. The highest BCUT2D eigenvalue weighted by atomic mass is 16.3. The van der Waals surface area contributed by atoms with E-state index in [2.05, 4.69) is 5.32 Å². The quantitative estimate of drug-likeness (QED) is 0.525. The van der Waals surface area contributed by atoms with Crippen molar-refractivity contribution in [2.75, 3.05) is 12.3 Å². The van der Waals surface area contributed by atoms with Gasteiger partial charge in [0, 0.05) is 24.3 Å². The number of aliphatic hydroxyl groups excluding tert-OH is 1. The van der Waals surface area contributed by atoms with Gasteiger partial charge >= 0.3 is 0 Å². The summed E-state index contributed by atoms with van der Waals surface area (Å²) in [5, 5.41) is 32.2. The molecule has 0 saturated carbocycles. The molecule has 0 aliphatic heterocycles. The maximum atomic E-state index is 10.1. The van der Waals surface area contributed by atoms with Crippen LogP contribution in [-0.2, 0) is 6.42 Å². The van der Waals surface area contributed by atoms with Crippen LogP contribution in [0.4, 0.5) is 5.69 Å². The summed E-state index contributed by atoms with van der Waals surface area (Å²) in [6.07, 6.45) is 0.0186. The minimum atomic E-state index is -0.799. The van der Waals surface area contributed by atoms with E-state index in [4.69, 9.17) is 5.73 Å². The third-order valence-corrected chi connectivity index (χ3v) is 3.49. The van der Waals surface area contributed by atoms with Gasteiger partial charge < -0.3 is 26.4 Å². The average molecular weight is 302 g/mol. The number of aromatic hydroxyl groups is 2. The lowest BCUT2D eigenvalue weighted by Gasteiger charge is -2.18. The summed E-state index contributed by atoms with van der Waals surface area (Å²) < 4.78 is 0. The van der Waals surface area contributed by atoms with Crippen LogP contribution in [-0.4, -0.2) is 27.9 Å². The number of nitrogens with one attached hydrogen (secondary N) is 1. The smallest absolute Gasteiger partial charge is 0.119 e. The predicted octanol–water partition coefficient (Wildman–Crippen LogP) is 1.93. The number of hydrogen-bond donors (Lipinski definition) is 5. The molecule has 2 aromatic carbocycles. The molecule has 0 aromatic heterocycles. The summed E-state index contributed by atoms with van der Waals surface area (Å²) >= 11 is 0. The normalized spacial score (nSPS) is 13.7. The van der Waals surface area contributed by atoms with Crippen molar-refractivity contribution in [1.29, 1.82) is 0 Å². The molecule has 0 unspecified atom stereocenters. The molecular formula is C17H22N2O3. The van der Waals surface area contributed by atoms with E-state index in [1.165, 1.54) is 23.8 Å². The summed E-state index contributed by atoms with van der Waals surface area (Å²) in [5.74, 6) is -0.132. The molecule has 0 fully saturated rings. The number of rotatable bonds is 6. The Labute approximate surface area is 130 Å². The van der Waals surface area contributed by atoms with Crippen LogP contribution in [0.15, 0.2) is 42.5 Å². The van der Waals surface area contributed by atoms with E-state index in [1.54, 1.807) is 0 Å². The fourth-order valence-electron chi connectivity index (χ4n) is 2.32. The molecule has 0 aliphatic rings. The maximum absolute atomic E-state index is 10.1. The van der Waals surface area contributed by atoms with Gasteiger partial charge in [0.1, 0.15) is 11.5 Å². The van der Waals surface area contributed by atoms with Crippen molar-refractivity contribution in [1.82, 2.24) is 5.32 Å². The molecule has 118 valence electrons. The molecule has 6 N–H and O–H groups in total. The third-order valence-electron chi connectivity index (χ3n) is 3.49. The molecule has 2 atom stereocenters. The molecule has 0 amide bonds. The van der Waals surface area contributed by atoms with Crippen LogP contribution in [0.3, 0.4) is 0 Å². The first kappa shape index (κ1) is 16.1. The second-order valence-electron chi connectivity index (χ2n) is 5.55. The molecule has 2 aromatic rings. The SMILES string of the molecule is C[C@H](Cc1ccc(N)cc1)NC[C@@H](O)c1cc(O)cc(O)c1. The van der Waals surface area contributed by atoms with Crippen molar-refractivity contribution in [2.24, 2.45) is 0 Å². The number of phenols is 2. The van der Waals surface area contributed by atoms with Crippen LogP contribution in [0, 0.1) is 0 Å². The van der Waals surface area contributed by atoms with Crippen molar-refractivity contribution in [3.8, 4) is 11.5 Å². The highest BCUT2D eigenvalue weighted by Crippen LogP contribution is 2.24. The van der Waals surface area contributed by atoms with Gasteiger partial charge in [-0.3, -0.25) is 0 Å². The minimum Gasteiger partial charge on any atom is -0.508 e. The van der Waals surface area contributed by atoms with Crippen LogP contribution in [0.5, 0.6) is 11.5 Å². The van der Waals surface area contributed by atoms with Crippen LogP contribution in [0.25, 0.3) is 0 Å². The number of hydrogen-bond acceptors (Lipinski definition) is 5. The highest BCUT2D eigenvalue weighted by molar-refractivity contribution is 5.39. The summed E-state index contributed by atoms with van der Waals surface area (Å²) in [6, 6.07) is 12.0. The molecule has 0 heterocycles. The van der Waals surface area contributed by atoms with E-state index < -0.39 is 6.10 Å². The first-order valence-corrected chi connectivity index (χ1v) is 7.23. The Balaban J connectivity index is 1.87. The Morgan fingerprint density at radius 3 is 2.23 bits per heavy atom. The first-order chi connectivity index (χ1) is 10.4. The number of nitrogen functional groups attached to an aromatic ring is 1. The van der Waals surface area contributed by atoms with Gasteiger partial charge in [0.2, 0.25) is 0 Å². The van der Waals surface area contributed by atoms with E-state index in [0.29, 0.717) is 12.1 Å². The summed E-state index contributed by atoms with van der Waals surface area (Å²) in [7, 11) is 0. The molecule has 5 nitrogen and oxygen atoms in total. The molecule has 5 heteroatoms. The standard InChI is InChI=1S/C17H22N2O3/c1-11(6-12-2-4-14(18)5-3-12)19-10-17(22)13-7-15(20)9-16(21)8-13/h2-5,7-9,11,17,19-22H,6,10,18H2,1H3/t11-,17-/m1/s1. The summed E-state index contributed by atoms with van der Waals surface area (Å²) in [5.41, 5.74) is 8.04. The van der Waals surface area contributed by atoms with E-state index in [9.17, 15) is 15.3 Å².